The summed E-state index contributed by atoms with van der Waals surface area (Å²) in [6.07, 6.45) is 0. The maximum absolute atomic E-state index is 11.2. The Morgan fingerprint density at radius 2 is 2.00 bits per heavy atom. The van der Waals surface area contributed by atoms with Crippen LogP contribution in [0.2, 0.25) is 0 Å². The van der Waals surface area contributed by atoms with Crippen LogP contribution in [-0.2, 0) is 0 Å². The zero-order valence-corrected chi connectivity index (χ0v) is 11.5. The van der Waals surface area contributed by atoms with E-state index >= 15 is 0 Å². The van der Waals surface area contributed by atoms with Gasteiger partial charge in [-0.25, -0.2) is 4.79 Å². The summed E-state index contributed by atoms with van der Waals surface area (Å²) in [6, 6.07) is 6.08. The smallest absolute Gasteiger partial charge is 0.358 e. The largest absolute Gasteiger partial charge is 0.476 e. The summed E-state index contributed by atoms with van der Waals surface area (Å²) in [5, 5.41) is 12.8. The molecule has 1 heterocycles. The number of hydrogen-bond acceptors (Lipinski definition) is 3. The number of carbonyl (C=O) groups is 1. The summed E-state index contributed by atoms with van der Waals surface area (Å²) in [7, 11) is 0. The van der Waals surface area contributed by atoms with E-state index in [1.165, 1.54) is 0 Å². The van der Waals surface area contributed by atoms with E-state index in [0.717, 1.165) is 16.7 Å². The molecule has 1 aromatic carbocycles. The first kappa shape index (κ1) is 13.3. The van der Waals surface area contributed by atoms with E-state index in [1.807, 2.05) is 19.1 Å². The number of rotatable bonds is 3. The third kappa shape index (κ3) is 2.38. The molecular weight excluding hydrogens is 242 g/mol. The fourth-order valence-electron chi connectivity index (χ4n) is 2.10. The van der Waals surface area contributed by atoms with Crippen LogP contribution in [0, 0.1) is 13.8 Å². The molecule has 100 valence electrons. The van der Waals surface area contributed by atoms with Gasteiger partial charge in [0.1, 0.15) is 5.76 Å². The Kier molecular flexibility index (Phi) is 3.42. The first-order chi connectivity index (χ1) is 8.91. The average molecular weight is 259 g/mol. The molecule has 0 saturated carbocycles. The van der Waals surface area contributed by atoms with Crippen molar-refractivity contribution in [2.75, 3.05) is 0 Å². The number of hydrogen-bond donors (Lipinski definition) is 1. The first-order valence-electron chi connectivity index (χ1n) is 6.22. The monoisotopic (exact) mass is 259 g/mol. The van der Waals surface area contributed by atoms with Gasteiger partial charge in [0.25, 0.3) is 0 Å². The molecule has 0 amide bonds. The van der Waals surface area contributed by atoms with E-state index in [-0.39, 0.29) is 5.69 Å². The molecule has 19 heavy (non-hydrogen) atoms. The Morgan fingerprint density at radius 1 is 1.32 bits per heavy atom. The molecule has 2 rings (SSSR count). The van der Waals surface area contributed by atoms with Crippen molar-refractivity contribution in [3.8, 4) is 11.1 Å². The third-order valence-electron chi connectivity index (χ3n) is 3.26. The van der Waals surface area contributed by atoms with Crippen molar-refractivity contribution in [3.05, 3.63) is 40.8 Å². The predicted octanol–water partition coefficient (Wildman–Crippen LogP) is 3.78. The summed E-state index contributed by atoms with van der Waals surface area (Å²) in [5.41, 5.74) is 3.60. The lowest BCUT2D eigenvalue weighted by atomic mass is 9.93. The lowest BCUT2D eigenvalue weighted by molar-refractivity contribution is 0.0686. The van der Waals surface area contributed by atoms with Gasteiger partial charge < -0.3 is 9.63 Å². The maximum Gasteiger partial charge on any atom is 0.358 e. The molecule has 0 spiro atoms. The van der Waals surface area contributed by atoms with Gasteiger partial charge in [0.2, 0.25) is 0 Å². The van der Waals surface area contributed by atoms with Crippen LogP contribution in [0.15, 0.2) is 22.7 Å². The fourth-order valence-corrected chi connectivity index (χ4v) is 2.10. The quantitative estimate of drug-likeness (QED) is 0.911. The lowest BCUT2D eigenvalue weighted by Gasteiger charge is -2.11. The van der Waals surface area contributed by atoms with Gasteiger partial charge in [0.15, 0.2) is 5.69 Å². The van der Waals surface area contributed by atoms with Crippen molar-refractivity contribution >= 4 is 5.97 Å². The van der Waals surface area contributed by atoms with Crippen LogP contribution < -0.4 is 0 Å². The molecule has 0 aliphatic carbocycles. The van der Waals surface area contributed by atoms with Gasteiger partial charge in [-0.2, -0.15) is 0 Å². The molecule has 0 aliphatic heterocycles. The fraction of sp³-hybridized carbons (Fsp3) is 0.333. The molecule has 4 heteroatoms. The Balaban J connectivity index is 2.68. The zero-order chi connectivity index (χ0) is 14.2. The van der Waals surface area contributed by atoms with Crippen molar-refractivity contribution in [3.63, 3.8) is 0 Å². The zero-order valence-electron chi connectivity index (χ0n) is 11.5. The second kappa shape index (κ2) is 4.88. The highest BCUT2D eigenvalue weighted by molar-refractivity contribution is 5.95. The topological polar surface area (TPSA) is 63.3 Å². The van der Waals surface area contributed by atoms with Crippen molar-refractivity contribution in [2.45, 2.75) is 33.6 Å². The number of nitrogens with zero attached hydrogens (tertiary/aromatic N) is 1. The van der Waals surface area contributed by atoms with Gasteiger partial charge in [-0.15, -0.1) is 0 Å². The van der Waals surface area contributed by atoms with E-state index in [0.29, 0.717) is 17.2 Å². The van der Waals surface area contributed by atoms with Crippen LogP contribution >= 0.6 is 0 Å². The number of aromatic nitrogens is 1. The summed E-state index contributed by atoms with van der Waals surface area (Å²) in [5.74, 6) is -0.157. The van der Waals surface area contributed by atoms with E-state index in [1.54, 1.807) is 6.92 Å². The molecule has 0 radical (unpaired) electrons. The highest BCUT2D eigenvalue weighted by Crippen LogP contribution is 2.32. The van der Waals surface area contributed by atoms with E-state index in [2.05, 4.69) is 25.1 Å². The van der Waals surface area contributed by atoms with E-state index < -0.39 is 5.97 Å². The molecule has 0 aliphatic rings. The van der Waals surface area contributed by atoms with Gasteiger partial charge in [0, 0.05) is 0 Å². The molecule has 0 atom stereocenters. The Labute approximate surface area is 112 Å². The lowest BCUT2D eigenvalue weighted by Crippen LogP contribution is -2.00. The van der Waals surface area contributed by atoms with Gasteiger partial charge >= 0.3 is 5.97 Å². The van der Waals surface area contributed by atoms with Gasteiger partial charge in [0.05, 0.1) is 5.56 Å². The SMILES string of the molecule is Cc1ccc(C(C)C)cc1-c1c(C(=O)O)noc1C. The molecule has 0 unspecified atom stereocenters. The van der Waals surface area contributed by atoms with Crippen molar-refractivity contribution in [2.24, 2.45) is 0 Å². The molecule has 4 nitrogen and oxygen atoms in total. The number of carboxylic acids is 1. The van der Waals surface area contributed by atoms with Gasteiger partial charge in [-0.05, 0) is 36.5 Å². The minimum atomic E-state index is -1.07. The van der Waals surface area contributed by atoms with Crippen molar-refractivity contribution in [1.82, 2.24) is 5.16 Å². The van der Waals surface area contributed by atoms with Crippen LogP contribution in [0.4, 0.5) is 0 Å². The van der Waals surface area contributed by atoms with Crippen molar-refractivity contribution in [1.29, 1.82) is 0 Å². The number of aromatic carboxylic acids is 1. The number of carboxylic acid groups (broad SMARTS) is 1. The molecular formula is C15H17NO3. The third-order valence-corrected chi connectivity index (χ3v) is 3.26. The normalized spacial score (nSPS) is 11.0. The second-order valence-electron chi connectivity index (χ2n) is 5.00. The second-order valence-corrected chi connectivity index (χ2v) is 5.00. The molecule has 2 aromatic rings. The highest BCUT2D eigenvalue weighted by atomic mass is 16.5. The van der Waals surface area contributed by atoms with E-state index in [4.69, 9.17) is 4.52 Å². The Bertz CT molecular complexity index is 626. The highest BCUT2D eigenvalue weighted by Gasteiger charge is 2.22. The van der Waals surface area contributed by atoms with Crippen LogP contribution in [0.3, 0.4) is 0 Å². The summed E-state index contributed by atoms with van der Waals surface area (Å²) in [4.78, 5) is 11.2. The molecule has 1 aromatic heterocycles. The van der Waals surface area contributed by atoms with Gasteiger partial charge in [-0.3, -0.25) is 0 Å². The minimum Gasteiger partial charge on any atom is -0.476 e. The minimum absolute atomic E-state index is 0.0264. The maximum atomic E-state index is 11.2. The standard InChI is InChI=1S/C15H17NO3/c1-8(2)11-6-5-9(3)12(7-11)13-10(4)19-16-14(13)15(17)18/h5-8H,1-4H3,(H,17,18). The Morgan fingerprint density at radius 3 is 2.58 bits per heavy atom. The summed E-state index contributed by atoms with van der Waals surface area (Å²) >= 11 is 0. The van der Waals surface area contributed by atoms with Crippen LogP contribution in [-0.4, -0.2) is 16.2 Å². The van der Waals surface area contributed by atoms with Crippen molar-refractivity contribution < 1.29 is 14.4 Å². The molecule has 0 fully saturated rings. The molecule has 0 bridgehead atoms. The van der Waals surface area contributed by atoms with Crippen LogP contribution in [0.5, 0.6) is 0 Å². The molecule has 0 saturated heterocycles. The number of aryl methyl sites for hydroxylation is 2. The predicted molar refractivity (Wildman–Crippen MR) is 72.5 cm³/mol. The van der Waals surface area contributed by atoms with Crippen LogP contribution in [0.1, 0.15) is 47.1 Å². The summed E-state index contributed by atoms with van der Waals surface area (Å²) in [6.45, 7) is 7.90. The molecule has 1 N–H and O–H groups in total. The first-order valence-corrected chi connectivity index (χ1v) is 6.22. The van der Waals surface area contributed by atoms with Gasteiger partial charge in [-0.1, -0.05) is 37.2 Å². The van der Waals surface area contributed by atoms with E-state index in [9.17, 15) is 9.90 Å². The Hall–Kier alpha value is -2.10. The number of benzene rings is 1. The average Bonchev–Trinajstić information content (AvgIpc) is 2.71. The van der Waals surface area contributed by atoms with Crippen LogP contribution in [0.25, 0.3) is 11.1 Å². The summed E-state index contributed by atoms with van der Waals surface area (Å²) < 4.78 is 5.04.